The third kappa shape index (κ3) is 4.35. The van der Waals surface area contributed by atoms with Gasteiger partial charge in [0.05, 0.1) is 30.7 Å². The number of aryl methyl sites for hydroxylation is 2. The number of hydrogen-bond acceptors (Lipinski definition) is 4. The number of hydrogen-bond donors (Lipinski definition) is 0. The van der Waals surface area contributed by atoms with Crippen LogP contribution in [0.4, 0.5) is 0 Å². The molecular weight excluding hydrogens is 390 g/mol. The number of rotatable bonds is 4. The Morgan fingerprint density at radius 1 is 1.03 bits per heavy atom. The van der Waals surface area contributed by atoms with Gasteiger partial charge in [0.25, 0.3) is 5.91 Å². The van der Waals surface area contributed by atoms with E-state index in [1.54, 1.807) is 11.8 Å². The van der Waals surface area contributed by atoms with E-state index >= 15 is 0 Å². The minimum atomic E-state index is -0.0323. The highest BCUT2D eigenvalue weighted by atomic mass is 16.5. The Kier molecular flexibility index (Phi) is 5.83. The molecule has 0 radical (unpaired) electrons. The summed E-state index contributed by atoms with van der Waals surface area (Å²) in [6, 6.07) is 15.8. The molecule has 1 aliphatic rings. The molecule has 1 aliphatic heterocycles. The van der Waals surface area contributed by atoms with Crippen molar-refractivity contribution in [1.29, 1.82) is 0 Å². The average molecular weight is 420 g/mol. The summed E-state index contributed by atoms with van der Waals surface area (Å²) in [7, 11) is 1.64. The molecule has 31 heavy (non-hydrogen) atoms. The molecule has 6 nitrogen and oxygen atoms in total. The highest BCUT2D eigenvalue weighted by Crippen LogP contribution is 2.27. The Morgan fingerprint density at radius 3 is 2.35 bits per heavy atom. The Bertz CT molecular complexity index is 1080. The van der Waals surface area contributed by atoms with Gasteiger partial charge in [-0.1, -0.05) is 12.1 Å². The van der Waals surface area contributed by atoms with Crippen LogP contribution in [0.3, 0.4) is 0 Å². The second kappa shape index (κ2) is 8.55. The van der Waals surface area contributed by atoms with Crippen molar-refractivity contribution < 1.29 is 14.3 Å². The first kappa shape index (κ1) is 21.1. The molecule has 0 spiro atoms. The highest BCUT2D eigenvalue weighted by molar-refractivity contribution is 5.94. The van der Waals surface area contributed by atoms with Crippen LogP contribution in [-0.4, -0.2) is 53.0 Å². The molecule has 2 heterocycles. The molecule has 2 aromatic carbocycles. The van der Waals surface area contributed by atoms with Crippen LogP contribution in [0.25, 0.3) is 16.9 Å². The first-order chi connectivity index (χ1) is 14.9. The van der Waals surface area contributed by atoms with E-state index in [0.717, 1.165) is 33.8 Å². The van der Waals surface area contributed by atoms with E-state index in [0.29, 0.717) is 18.8 Å². The average Bonchev–Trinajstić information content (AvgIpc) is 3.19. The minimum absolute atomic E-state index is 0.00540. The zero-order valence-corrected chi connectivity index (χ0v) is 18.8. The SMILES string of the molecule is COc1ccc(-c2cc(C(=O)N3CC(C)OC(C)C3)n(-c3cc(C)ccc3C)n2)cc1. The first-order valence-electron chi connectivity index (χ1n) is 10.6. The van der Waals surface area contributed by atoms with Crippen molar-refractivity contribution in [3.05, 3.63) is 65.4 Å². The monoisotopic (exact) mass is 419 g/mol. The highest BCUT2D eigenvalue weighted by Gasteiger charge is 2.29. The van der Waals surface area contributed by atoms with Crippen molar-refractivity contribution >= 4 is 5.91 Å². The van der Waals surface area contributed by atoms with Gasteiger partial charge in [-0.25, -0.2) is 4.68 Å². The smallest absolute Gasteiger partial charge is 0.272 e. The third-order valence-electron chi connectivity index (χ3n) is 5.61. The lowest BCUT2D eigenvalue weighted by molar-refractivity contribution is -0.0588. The fourth-order valence-electron chi connectivity index (χ4n) is 4.07. The molecule has 4 rings (SSSR count). The second-order valence-corrected chi connectivity index (χ2v) is 8.31. The molecule has 0 bridgehead atoms. The second-order valence-electron chi connectivity index (χ2n) is 8.31. The quantitative estimate of drug-likeness (QED) is 0.628. The van der Waals surface area contributed by atoms with Crippen LogP contribution < -0.4 is 4.74 Å². The maximum Gasteiger partial charge on any atom is 0.272 e. The molecule has 6 heteroatoms. The molecule has 2 atom stereocenters. The largest absolute Gasteiger partial charge is 0.497 e. The number of methoxy groups -OCH3 is 1. The molecule has 1 aromatic heterocycles. The van der Waals surface area contributed by atoms with Crippen LogP contribution in [0.2, 0.25) is 0 Å². The van der Waals surface area contributed by atoms with E-state index in [1.807, 2.05) is 62.9 Å². The predicted octanol–water partition coefficient (Wildman–Crippen LogP) is 4.41. The Hall–Kier alpha value is -3.12. The van der Waals surface area contributed by atoms with E-state index < -0.39 is 0 Å². The van der Waals surface area contributed by atoms with Gasteiger partial charge in [0.2, 0.25) is 0 Å². The predicted molar refractivity (Wildman–Crippen MR) is 121 cm³/mol. The van der Waals surface area contributed by atoms with E-state index in [1.165, 1.54) is 0 Å². The number of benzene rings is 2. The fraction of sp³-hybridized carbons (Fsp3) is 0.360. The standard InChI is InChI=1S/C25H29N3O3/c1-16-6-7-17(2)23(12-16)28-24(25(29)27-14-18(3)31-19(4)15-27)13-22(26-28)20-8-10-21(30-5)11-9-20/h6-13,18-19H,14-15H2,1-5H3. The van der Waals surface area contributed by atoms with Crippen molar-refractivity contribution in [3.63, 3.8) is 0 Å². The molecule has 1 amide bonds. The molecule has 1 fully saturated rings. The van der Waals surface area contributed by atoms with Crippen LogP contribution >= 0.6 is 0 Å². The summed E-state index contributed by atoms with van der Waals surface area (Å²) < 4.78 is 12.9. The van der Waals surface area contributed by atoms with Gasteiger partial charge in [0.1, 0.15) is 11.4 Å². The van der Waals surface area contributed by atoms with Gasteiger partial charge in [-0.2, -0.15) is 5.10 Å². The van der Waals surface area contributed by atoms with E-state index in [9.17, 15) is 4.79 Å². The van der Waals surface area contributed by atoms with Crippen LogP contribution in [0.15, 0.2) is 48.5 Å². The molecule has 2 unspecified atom stereocenters. The van der Waals surface area contributed by atoms with Crippen LogP contribution in [0.5, 0.6) is 5.75 Å². The van der Waals surface area contributed by atoms with Gasteiger partial charge in [0.15, 0.2) is 0 Å². The van der Waals surface area contributed by atoms with Crippen molar-refractivity contribution in [1.82, 2.24) is 14.7 Å². The summed E-state index contributed by atoms with van der Waals surface area (Å²) in [4.78, 5) is 15.5. The summed E-state index contributed by atoms with van der Waals surface area (Å²) >= 11 is 0. The molecular formula is C25H29N3O3. The van der Waals surface area contributed by atoms with Gasteiger partial charge in [-0.05, 0) is 75.2 Å². The molecule has 3 aromatic rings. The third-order valence-corrected chi connectivity index (χ3v) is 5.61. The van der Waals surface area contributed by atoms with Crippen molar-refractivity contribution in [2.75, 3.05) is 20.2 Å². The summed E-state index contributed by atoms with van der Waals surface area (Å²) in [6.45, 7) is 9.22. The molecule has 162 valence electrons. The molecule has 0 N–H and O–H groups in total. The summed E-state index contributed by atoms with van der Waals surface area (Å²) in [5.74, 6) is 0.750. The van der Waals surface area contributed by atoms with Gasteiger partial charge < -0.3 is 14.4 Å². The van der Waals surface area contributed by atoms with E-state index in [-0.39, 0.29) is 18.1 Å². The number of carbonyl (C=O) groups is 1. The van der Waals surface area contributed by atoms with E-state index in [4.69, 9.17) is 14.6 Å². The number of nitrogens with zero attached hydrogens (tertiary/aromatic N) is 3. The lowest BCUT2D eigenvalue weighted by atomic mass is 10.1. The summed E-state index contributed by atoms with van der Waals surface area (Å²) in [5.41, 5.74) is 5.34. The number of aromatic nitrogens is 2. The lowest BCUT2D eigenvalue weighted by Gasteiger charge is -2.35. The number of carbonyl (C=O) groups excluding carboxylic acids is 1. The maximum atomic E-state index is 13.6. The van der Waals surface area contributed by atoms with Gasteiger partial charge in [-0.3, -0.25) is 4.79 Å². The van der Waals surface area contributed by atoms with Gasteiger partial charge >= 0.3 is 0 Å². The fourth-order valence-corrected chi connectivity index (χ4v) is 4.07. The van der Waals surface area contributed by atoms with Gasteiger partial charge in [0, 0.05) is 18.7 Å². The molecule has 0 aliphatic carbocycles. The van der Waals surface area contributed by atoms with Crippen molar-refractivity contribution in [3.8, 4) is 22.7 Å². The lowest BCUT2D eigenvalue weighted by Crippen LogP contribution is -2.48. The normalized spacial score (nSPS) is 18.8. The van der Waals surface area contributed by atoms with Crippen LogP contribution in [-0.2, 0) is 4.74 Å². The Morgan fingerprint density at radius 2 is 1.71 bits per heavy atom. The van der Waals surface area contributed by atoms with Crippen molar-refractivity contribution in [2.24, 2.45) is 0 Å². The van der Waals surface area contributed by atoms with Gasteiger partial charge in [-0.15, -0.1) is 0 Å². The zero-order valence-electron chi connectivity index (χ0n) is 18.8. The Balaban J connectivity index is 1.80. The number of amides is 1. The van der Waals surface area contributed by atoms with E-state index in [2.05, 4.69) is 18.2 Å². The summed E-state index contributed by atoms with van der Waals surface area (Å²) in [6.07, 6.45) is 0.0108. The molecule has 0 saturated carbocycles. The first-order valence-corrected chi connectivity index (χ1v) is 10.6. The maximum absolute atomic E-state index is 13.6. The number of morpholine rings is 1. The Labute approximate surface area is 183 Å². The minimum Gasteiger partial charge on any atom is -0.497 e. The zero-order chi connectivity index (χ0) is 22.1. The summed E-state index contributed by atoms with van der Waals surface area (Å²) in [5, 5.41) is 4.86. The van der Waals surface area contributed by atoms with Crippen LogP contribution in [0.1, 0.15) is 35.5 Å². The molecule has 1 saturated heterocycles. The van der Waals surface area contributed by atoms with Crippen LogP contribution in [0, 0.1) is 13.8 Å². The number of ether oxygens (including phenoxy) is 2. The topological polar surface area (TPSA) is 56.6 Å². The van der Waals surface area contributed by atoms with Crippen molar-refractivity contribution in [2.45, 2.75) is 39.9 Å².